The summed E-state index contributed by atoms with van der Waals surface area (Å²) in [6.45, 7) is 4.19. The number of hydrogen-bond acceptors (Lipinski definition) is 5. The Kier molecular flexibility index (Phi) is 4.80. The van der Waals surface area contributed by atoms with Crippen molar-refractivity contribution >= 4 is 40.2 Å². The minimum atomic E-state index is -0.392. The molecule has 7 heteroatoms. The maximum absolute atomic E-state index is 11.9. The second-order valence-corrected chi connectivity index (χ2v) is 7.63. The van der Waals surface area contributed by atoms with Crippen LogP contribution in [-0.4, -0.2) is 23.0 Å². The Morgan fingerprint density at radius 3 is 2.85 bits per heavy atom. The molecule has 0 bridgehead atoms. The van der Waals surface area contributed by atoms with Crippen LogP contribution in [0.5, 0.6) is 0 Å². The van der Waals surface area contributed by atoms with Crippen molar-refractivity contribution in [3.05, 3.63) is 27.5 Å². The molecule has 20 heavy (non-hydrogen) atoms. The number of thiazole rings is 1. The number of nitrogens with one attached hydrogen (secondary N) is 1. The average Bonchev–Trinajstić information content (AvgIpc) is 2.97. The normalized spacial score (nSPS) is 11.6. The molecule has 0 spiro atoms. The van der Waals surface area contributed by atoms with E-state index in [1.54, 1.807) is 0 Å². The minimum absolute atomic E-state index is 0.0680. The Morgan fingerprint density at radius 1 is 1.50 bits per heavy atom. The zero-order valence-electron chi connectivity index (χ0n) is 11.3. The van der Waals surface area contributed by atoms with E-state index < -0.39 is 5.54 Å². The molecule has 0 aromatic carbocycles. The van der Waals surface area contributed by atoms with Gasteiger partial charge < -0.3 is 11.1 Å². The van der Waals surface area contributed by atoms with Gasteiger partial charge in [0.05, 0.1) is 21.3 Å². The lowest BCUT2D eigenvalue weighted by atomic mass is 10.1. The molecule has 0 saturated heterocycles. The maximum atomic E-state index is 11.9. The van der Waals surface area contributed by atoms with Gasteiger partial charge in [-0.05, 0) is 26.0 Å². The Hall–Kier alpha value is -0.950. The number of thiophene rings is 1. The number of aromatic nitrogens is 1. The van der Waals surface area contributed by atoms with E-state index in [9.17, 15) is 4.79 Å². The SMILES string of the molecule is CC(C)(CN)NC(=O)Cc1csc(-c2ccc(Cl)s2)n1. The quantitative estimate of drug-likeness (QED) is 0.886. The molecule has 0 unspecified atom stereocenters. The summed E-state index contributed by atoms with van der Waals surface area (Å²) in [5, 5.41) is 5.68. The number of carbonyl (C=O) groups excluding carboxylic acids is 1. The van der Waals surface area contributed by atoms with Gasteiger partial charge in [0, 0.05) is 17.5 Å². The summed E-state index contributed by atoms with van der Waals surface area (Å²) in [4.78, 5) is 17.4. The Balaban J connectivity index is 2.01. The van der Waals surface area contributed by atoms with Crippen molar-refractivity contribution in [3.8, 4) is 9.88 Å². The van der Waals surface area contributed by atoms with Gasteiger partial charge >= 0.3 is 0 Å². The van der Waals surface area contributed by atoms with Gasteiger partial charge in [-0.2, -0.15) is 0 Å². The van der Waals surface area contributed by atoms with E-state index in [-0.39, 0.29) is 12.3 Å². The molecule has 1 amide bonds. The number of carbonyl (C=O) groups is 1. The lowest BCUT2D eigenvalue weighted by Crippen LogP contribution is -2.49. The topological polar surface area (TPSA) is 68.0 Å². The van der Waals surface area contributed by atoms with E-state index in [2.05, 4.69) is 10.3 Å². The average molecular weight is 330 g/mol. The summed E-state index contributed by atoms with van der Waals surface area (Å²) in [7, 11) is 0. The highest BCUT2D eigenvalue weighted by Gasteiger charge is 2.19. The van der Waals surface area contributed by atoms with Crippen molar-refractivity contribution < 1.29 is 4.79 Å². The van der Waals surface area contributed by atoms with Gasteiger partial charge in [0.25, 0.3) is 0 Å². The molecule has 2 rings (SSSR count). The summed E-state index contributed by atoms with van der Waals surface area (Å²) in [6.07, 6.45) is 0.263. The van der Waals surface area contributed by atoms with E-state index in [0.29, 0.717) is 6.54 Å². The van der Waals surface area contributed by atoms with Crippen LogP contribution >= 0.6 is 34.3 Å². The third-order valence-electron chi connectivity index (χ3n) is 2.67. The van der Waals surface area contributed by atoms with Crippen LogP contribution in [0, 0.1) is 0 Å². The molecule has 4 nitrogen and oxygen atoms in total. The molecule has 0 atom stereocenters. The van der Waals surface area contributed by atoms with Crippen LogP contribution in [0.2, 0.25) is 4.34 Å². The van der Waals surface area contributed by atoms with Crippen molar-refractivity contribution in [2.75, 3.05) is 6.54 Å². The van der Waals surface area contributed by atoms with Crippen LogP contribution in [0.3, 0.4) is 0 Å². The van der Waals surface area contributed by atoms with Gasteiger partial charge in [0.2, 0.25) is 5.91 Å². The third-order valence-corrected chi connectivity index (χ3v) is 4.96. The number of nitrogens with zero attached hydrogens (tertiary/aromatic N) is 1. The molecule has 2 aromatic rings. The van der Waals surface area contributed by atoms with Crippen LogP contribution in [0.15, 0.2) is 17.5 Å². The molecule has 0 aliphatic carbocycles. The monoisotopic (exact) mass is 329 g/mol. The molecule has 0 aliphatic rings. The van der Waals surface area contributed by atoms with Gasteiger partial charge in [0.1, 0.15) is 5.01 Å². The van der Waals surface area contributed by atoms with Crippen LogP contribution in [0.1, 0.15) is 19.5 Å². The fourth-order valence-electron chi connectivity index (χ4n) is 1.57. The lowest BCUT2D eigenvalue weighted by molar-refractivity contribution is -0.121. The van der Waals surface area contributed by atoms with Gasteiger partial charge in [-0.15, -0.1) is 22.7 Å². The number of amides is 1. The van der Waals surface area contributed by atoms with Gasteiger partial charge in [-0.25, -0.2) is 4.98 Å². The number of halogens is 1. The molecule has 0 radical (unpaired) electrons. The van der Waals surface area contributed by atoms with Crippen LogP contribution in [0.4, 0.5) is 0 Å². The molecule has 108 valence electrons. The van der Waals surface area contributed by atoms with E-state index >= 15 is 0 Å². The first-order valence-electron chi connectivity index (χ1n) is 6.11. The Morgan fingerprint density at radius 2 is 2.25 bits per heavy atom. The summed E-state index contributed by atoms with van der Waals surface area (Å²) in [5.74, 6) is -0.0680. The predicted molar refractivity (Wildman–Crippen MR) is 85.4 cm³/mol. The zero-order chi connectivity index (χ0) is 14.8. The molecule has 2 aromatic heterocycles. The van der Waals surface area contributed by atoms with Gasteiger partial charge in [-0.3, -0.25) is 4.79 Å². The summed E-state index contributed by atoms with van der Waals surface area (Å²) >= 11 is 8.91. The highest BCUT2D eigenvalue weighted by Crippen LogP contribution is 2.32. The van der Waals surface area contributed by atoms with Crippen molar-refractivity contribution in [3.63, 3.8) is 0 Å². The predicted octanol–water partition coefficient (Wildman–Crippen LogP) is 2.92. The molecule has 0 fully saturated rings. The molecule has 3 N–H and O–H groups in total. The van der Waals surface area contributed by atoms with Gasteiger partial charge in [-0.1, -0.05) is 11.6 Å². The maximum Gasteiger partial charge on any atom is 0.226 e. The van der Waals surface area contributed by atoms with Gasteiger partial charge in [0.15, 0.2) is 0 Å². The second kappa shape index (κ2) is 6.22. The van der Waals surface area contributed by atoms with E-state index in [1.807, 2.05) is 31.4 Å². The fourth-order valence-corrected chi connectivity index (χ4v) is 3.50. The van der Waals surface area contributed by atoms with Crippen molar-refractivity contribution in [1.29, 1.82) is 0 Å². The summed E-state index contributed by atoms with van der Waals surface area (Å²) < 4.78 is 0.735. The number of rotatable bonds is 5. The van der Waals surface area contributed by atoms with Crippen LogP contribution in [0.25, 0.3) is 9.88 Å². The van der Waals surface area contributed by atoms with E-state index in [0.717, 1.165) is 19.9 Å². The molecule has 0 aliphatic heterocycles. The Labute approximate surface area is 131 Å². The van der Waals surface area contributed by atoms with Crippen molar-refractivity contribution in [1.82, 2.24) is 10.3 Å². The van der Waals surface area contributed by atoms with Crippen LogP contribution in [-0.2, 0) is 11.2 Å². The second-order valence-electron chi connectivity index (χ2n) is 5.06. The third kappa shape index (κ3) is 4.02. The smallest absolute Gasteiger partial charge is 0.226 e. The van der Waals surface area contributed by atoms with Crippen molar-refractivity contribution in [2.45, 2.75) is 25.8 Å². The van der Waals surface area contributed by atoms with Crippen LogP contribution < -0.4 is 11.1 Å². The zero-order valence-corrected chi connectivity index (χ0v) is 13.7. The molecule has 0 saturated carbocycles. The Bertz CT molecular complexity index is 606. The highest BCUT2D eigenvalue weighted by atomic mass is 35.5. The van der Waals surface area contributed by atoms with E-state index in [4.69, 9.17) is 17.3 Å². The minimum Gasteiger partial charge on any atom is -0.350 e. The fraction of sp³-hybridized carbons (Fsp3) is 0.385. The molecule has 2 heterocycles. The van der Waals surface area contributed by atoms with E-state index in [1.165, 1.54) is 22.7 Å². The van der Waals surface area contributed by atoms with Crippen molar-refractivity contribution in [2.24, 2.45) is 5.73 Å². The first-order chi connectivity index (χ1) is 9.39. The largest absolute Gasteiger partial charge is 0.350 e. The first kappa shape index (κ1) is 15.4. The molecular weight excluding hydrogens is 314 g/mol. The highest BCUT2D eigenvalue weighted by molar-refractivity contribution is 7.23. The first-order valence-corrected chi connectivity index (χ1v) is 8.18. The standard InChI is InChI=1S/C13H16ClN3OS2/c1-13(2,7-15)17-11(18)5-8-6-19-12(16-8)9-3-4-10(14)20-9/h3-4,6H,5,7,15H2,1-2H3,(H,17,18). The number of nitrogens with two attached hydrogens (primary N) is 1. The number of hydrogen-bond donors (Lipinski definition) is 2. The summed E-state index contributed by atoms with van der Waals surface area (Å²) in [6, 6.07) is 3.78. The molecular formula is C13H16ClN3OS2. The lowest BCUT2D eigenvalue weighted by Gasteiger charge is -2.23. The summed E-state index contributed by atoms with van der Waals surface area (Å²) in [5.41, 5.74) is 5.96.